The summed E-state index contributed by atoms with van der Waals surface area (Å²) in [6.07, 6.45) is 8.43. The van der Waals surface area contributed by atoms with Crippen LogP contribution in [-0.2, 0) is 4.79 Å². The molecule has 176 valence electrons. The number of aryl methyl sites for hydroxylation is 1. The van der Waals surface area contributed by atoms with Crippen LogP contribution in [0.4, 0.5) is 5.13 Å². The number of thiophene rings is 1. The molecule has 34 heavy (non-hydrogen) atoms. The van der Waals surface area contributed by atoms with Crippen LogP contribution in [0.2, 0.25) is 0 Å². The molecule has 6 nitrogen and oxygen atoms in total. The molecule has 1 amide bonds. The fraction of sp³-hybridized carbons (Fsp3) is 0.400. The number of rotatable bonds is 7. The van der Waals surface area contributed by atoms with Gasteiger partial charge in [-0.1, -0.05) is 79.6 Å². The minimum absolute atomic E-state index is 0.0566. The van der Waals surface area contributed by atoms with Crippen molar-refractivity contribution in [1.29, 1.82) is 0 Å². The van der Waals surface area contributed by atoms with Gasteiger partial charge in [-0.2, -0.15) is 0 Å². The highest BCUT2D eigenvalue weighted by molar-refractivity contribution is 8.00. The Morgan fingerprint density at radius 3 is 2.68 bits per heavy atom. The third kappa shape index (κ3) is 4.87. The van der Waals surface area contributed by atoms with E-state index in [1.165, 1.54) is 60.1 Å². The maximum Gasteiger partial charge on any atom is 0.239 e. The maximum atomic E-state index is 13.2. The number of benzene rings is 1. The standard InChI is InChI=1S/C25H27N5OS3/c1-3-18(21(31)28-25-30-29-22(34-25)17-12-8-5-9-13-17)33-24-20-19(16-10-6-4-7-11-16)15(2)32-23(20)26-14-27-24/h4,6-7,10-11,14,17-18H,3,5,8-9,12-13H2,1-2H3,(H,28,30,31). The van der Waals surface area contributed by atoms with E-state index < -0.39 is 0 Å². The van der Waals surface area contributed by atoms with Gasteiger partial charge in [0.2, 0.25) is 11.0 Å². The molecule has 3 heterocycles. The molecule has 1 aliphatic rings. The van der Waals surface area contributed by atoms with Crippen LogP contribution in [0.3, 0.4) is 0 Å². The highest BCUT2D eigenvalue weighted by Crippen LogP contribution is 2.42. The van der Waals surface area contributed by atoms with Gasteiger partial charge in [-0.25, -0.2) is 9.97 Å². The number of nitrogens with zero attached hydrogens (tertiary/aromatic N) is 4. The van der Waals surface area contributed by atoms with Crippen molar-refractivity contribution in [3.8, 4) is 11.1 Å². The number of thioether (sulfide) groups is 1. The summed E-state index contributed by atoms with van der Waals surface area (Å²) < 4.78 is 0. The second kappa shape index (κ2) is 10.5. The number of hydrogen-bond donors (Lipinski definition) is 1. The summed E-state index contributed by atoms with van der Waals surface area (Å²) >= 11 is 4.69. The molecular formula is C25H27N5OS3. The molecule has 1 fully saturated rings. The number of hydrogen-bond acceptors (Lipinski definition) is 8. The number of fused-ring (bicyclic) bond motifs is 1. The van der Waals surface area contributed by atoms with Gasteiger partial charge < -0.3 is 0 Å². The van der Waals surface area contributed by atoms with Crippen LogP contribution in [-0.4, -0.2) is 31.3 Å². The zero-order chi connectivity index (χ0) is 23.5. The van der Waals surface area contributed by atoms with Crippen LogP contribution in [0.25, 0.3) is 21.3 Å². The van der Waals surface area contributed by atoms with E-state index >= 15 is 0 Å². The first kappa shape index (κ1) is 23.4. The molecule has 4 aromatic rings. The van der Waals surface area contributed by atoms with Crippen molar-refractivity contribution < 1.29 is 4.79 Å². The lowest BCUT2D eigenvalue weighted by atomic mass is 9.90. The van der Waals surface area contributed by atoms with Gasteiger partial charge in [-0.05, 0) is 31.7 Å². The van der Waals surface area contributed by atoms with Gasteiger partial charge in [0.05, 0.1) is 10.6 Å². The normalized spacial score (nSPS) is 15.5. The van der Waals surface area contributed by atoms with Crippen molar-refractivity contribution in [1.82, 2.24) is 20.2 Å². The van der Waals surface area contributed by atoms with E-state index in [-0.39, 0.29) is 11.2 Å². The molecule has 5 rings (SSSR count). The van der Waals surface area contributed by atoms with Crippen molar-refractivity contribution in [2.75, 3.05) is 5.32 Å². The van der Waals surface area contributed by atoms with E-state index in [1.54, 1.807) is 17.7 Å². The molecule has 0 saturated heterocycles. The quantitative estimate of drug-likeness (QED) is 0.212. The predicted molar refractivity (Wildman–Crippen MR) is 142 cm³/mol. The fourth-order valence-corrected chi connectivity index (χ4v) is 7.52. The van der Waals surface area contributed by atoms with Crippen LogP contribution >= 0.6 is 34.4 Å². The minimum atomic E-state index is -0.288. The predicted octanol–water partition coefficient (Wildman–Crippen LogP) is 7.08. The minimum Gasteiger partial charge on any atom is -0.300 e. The summed E-state index contributed by atoms with van der Waals surface area (Å²) in [6.45, 7) is 4.15. The Morgan fingerprint density at radius 1 is 1.12 bits per heavy atom. The van der Waals surface area contributed by atoms with Crippen LogP contribution in [0.15, 0.2) is 41.7 Å². The van der Waals surface area contributed by atoms with Gasteiger partial charge in [0.1, 0.15) is 21.2 Å². The summed E-state index contributed by atoms with van der Waals surface area (Å²) in [6, 6.07) is 10.3. The van der Waals surface area contributed by atoms with Crippen molar-refractivity contribution in [3.63, 3.8) is 0 Å². The zero-order valence-electron chi connectivity index (χ0n) is 19.3. The van der Waals surface area contributed by atoms with E-state index in [2.05, 4.69) is 44.5 Å². The van der Waals surface area contributed by atoms with E-state index in [4.69, 9.17) is 0 Å². The highest BCUT2D eigenvalue weighted by Gasteiger charge is 2.25. The van der Waals surface area contributed by atoms with Crippen LogP contribution in [0.5, 0.6) is 0 Å². The molecule has 1 aromatic carbocycles. The Morgan fingerprint density at radius 2 is 1.91 bits per heavy atom. The van der Waals surface area contributed by atoms with E-state index in [0.717, 1.165) is 31.4 Å². The highest BCUT2D eigenvalue weighted by atomic mass is 32.2. The molecule has 0 bridgehead atoms. The Hall–Kier alpha value is -2.36. The second-order valence-corrected chi connectivity index (χ2v) is 11.9. The fourth-order valence-electron chi connectivity index (χ4n) is 4.50. The SMILES string of the molecule is CCC(Sc1ncnc2sc(C)c(-c3ccccc3)c12)C(=O)Nc1nnc(C2CCCCC2)s1. The number of nitrogens with one attached hydrogen (secondary N) is 1. The van der Waals surface area contributed by atoms with Crippen molar-refractivity contribution in [2.45, 2.75) is 68.6 Å². The van der Waals surface area contributed by atoms with E-state index in [9.17, 15) is 4.79 Å². The molecule has 1 unspecified atom stereocenters. The van der Waals surface area contributed by atoms with Crippen LogP contribution in [0, 0.1) is 6.92 Å². The topological polar surface area (TPSA) is 80.7 Å². The van der Waals surface area contributed by atoms with Crippen LogP contribution < -0.4 is 5.32 Å². The second-order valence-electron chi connectivity index (χ2n) is 8.54. The third-order valence-electron chi connectivity index (χ3n) is 6.23. The lowest BCUT2D eigenvalue weighted by Crippen LogP contribution is -2.24. The van der Waals surface area contributed by atoms with Gasteiger partial charge in [-0.3, -0.25) is 10.1 Å². The number of aromatic nitrogens is 4. The monoisotopic (exact) mass is 509 g/mol. The van der Waals surface area contributed by atoms with E-state index in [0.29, 0.717) is 17.5 Å². The van der Waals surface area contributed by atoms with E-state index in [1.807, 2.05) is 25.1 Å². The number of amides is 1. The molecule has 3 aromatic heterocycles. The van der Waals surface area contributed by atoms with Crippen molar-refractivity contribution >= 4 is 55.7 Å². The first-order valence-corrected chi connectivity index (χ1v) is 14.3. The smallest absolute Gasteiger partial charge is 0.239 e. The Balaban J connectivity index is 1.37. The molecule has 0 aliphatic heterocycles. The first-order valence-electron chi connectivity index (χ1n) is 11.7. The van der Waals surface area contributed by atoms with Crippen molar-refractivity contribution in [2.24, 2.45) is 0 Å². The average Bonchev–Trinajstić information content (AvgIpc) is 3.47. The average molecular weight is 510 g/mol. The number of carbonyl (C=O) groups excluding carboxylic acids is 1. The molecule has 1 atom stereocenters. The maximum absolute atomic E-state index is 13.2. The molecule has 9 heteroatoms. The summed E-state index contributed by atoms with van der Waals surface area (Å²) in [5.41, 5.74) is 2.30. The molecular weight excluding hydrogens is 483 g/mol. The molecule has 1 aliphatic carbocycles. The summed E-state index contributed by atoms with van der Waals surface area (Å²) in [5, 5.41) is 14.9. The van der Waals surface area contributed by atoms with Crippen molar-refractivity contribution in [3.05, 3.63) is 46.5 Å². The number of carbonyl (C=O) groups is 1. The van der Waals surface area contributed by atoms with Gasteiger partial charge >= 0.3 is 0 Å². The summed E-state index contributed by atoms with van der Waals surface area (Å²) in [7, 11) is 0. The van der Waals surface area contributed by atoms with Gasteiger partial charge in [0.25, 0.3) is 0 Å². The molecule has 0 spiro atoms. The Kier molecular flexibility index (Phi) is 7.22. The van der Waals surface area contributed by atoms with Gasteiger partial charge in [-0.15, -0.1) is 21.5 Å². The zero-order valence-corrected chi connectivity index (χ0v) is 21.7. The largest absolute Gasteiger partial charge is 0.300 e. The molecule has 1 saturated carbocycles. The summed E-state index contributed by atoms with van der Waals surface area (Å²) in [4.78, 5) is 24.5. The first-order chi connectivity index (χ1) is 16.6. The Labute approximate surface area is 211 Å². The summed E-state index contributed by atoms with van der Waals surface area (Å²) in [5.74, 6) is 0.430. The number of anilines is 1. The lowest BCUT2D eigenvalue weighted by molar-refractivity contribution is -0.115. The molecule has 1 N–H and O–H groups in total. The Bertz CT molecular complexity index is 1280. The lowest BCUT2D eigenvalue weighted by Gasteiger charge is -2.18. The third-order valence-corrected chi connectivity index (χ3v) is 9.61. The van der Waals surface area contributed by atoms with Gasteiger partial charge in [0, 0.05) is 16.4 Å². The van der Waals surface area contributed by atoms with Crippen LogP contribution in [0.1, 0.15) is 61.3 Å². The van der Waals surface area contributed by atoms with Gasteiger partial charge in [0.15, 0.2) is 0 Å². The molecule has 0 radical (unpaired) electrons.